The van der Waals surface area contributed by atoms with E-state index in [1.807, 2.05) is 24.3 Å². The maximum atomic E-state index is 14.5. The Bertz CT molecular complexity index is 2650. The van der Waals surface area contributed by atoms with Crippen LogP contribution in [0.25, 0.3) is 0 Å². The van der Waals surface area contributed by atoms with Gasteiger partial charge in [0.05, 0.1) is 21.7 Å². The van der Waals surface area contributed by atoms with Gasteiger partial charge in [0.15, 0.2) is 0 Å². The highest BCUT2D eigenvalue weighted by atomic mass is 35.5. The molecule has 4 N–H and O–H groups in total. The normalized spacial score (nSPS) is 20.3. The van der Waals surface area contributed by atoms with Crippen LogP contribution in [0, 0.1) is 17.7 Å². The Morgan fingerprint density at radius 3 is 1.39 bits per heavy atom. The van der Waals surface area contributed by atoms with E-state index in [-0.39, 0.29) is 45.3 Å². The van der Waals surface area contributed by atoms with E-state index in [1.165, 1.54) is 18.3 Å². The van der Waals surface area contributed by atoms with E-state index >= 15 is 0 Å². The van der Waals surface area contributed by atoms with Crippen LogP contribution in [0.2, 0.25) is 20.2 Å². The zero-order chi connectivity index (χ0) is 42.9. The summed E-state index contributed by atoms with van der Waals surface area (Å²) in [6.45, 7) is 0. The first-order chi connectivity index (χ1) is 29.3. The molecule has 0 saturated heterocycles. The summed E-state index contributed by atoms with van der Waals surface area (Å²) >= 11 is 24.1. The molecule has 4 amide bonds. The van der Waals surface area contributed by atoms with E-state index in [1.54, 1.807) is 84.9 Å². The fourth-order valence-corrected chi connectivity index (χ4v) is 8.90. The Kier molecular flexibility index (Phi) is 11.9. The van der Waals surface area contributed by atoms with Crippen molar-refractivity contribution in [3.05, 3.63) is 193 Å². The third kappa shape index (κ3) is 9.14. The first-order valence-electron chi connectivity index (χ1n) is 19.3. The van der Waals surface area contributed by atoms with Crippen molar-refractivity contribution < 1.29 is 23.6 Å². The number of aromatic nitrogens is 1. The molecule has 2 aliphatic rings. The van der Waals surface area contributed by atoms with Crippen LogP contribution in [0.5, 0.6) is 0 Å². The first kappa shape index (κ1) is 41.9. The summed E-state index contributed by atoms with van der Waals surface area (Å²) in [5.41, 5.74) is 2.55. The number of halogens is 5. The summed E-state index contributed by atoms with van der Waals surface area (Å²) in [7, 11) is 0. The van der Waals surface area contributed by atoms with E-state index in [4.69, 9.17) is 46.4 Å². The molecule has 0 aliphatic heterocycles. The van der Waals surface area contributed by atoms with Crippen LogP contribution in [0.1, 0.15) is 78.2 Å². The van der Waals surface area contributed by atoms with Gasteiger partial charge in [0.2, 0.25) is 0 Å². The molecule has 2 saturated carbocycles. The van der Waals surface area contributed by atoms with Gasteiger partial charge in [-0.1, -0.05) is 82.8 Å². The average Bonchev–Trinajstić information content (AvgIpc) is 3.22. The second kappa shape index (κ2) is 17.3. The number of rotatable bonds is 11. The molecule has 2 fully saturated rings. The molecule has 9 nitrogen and oxygen atoms in total. The van der Waals surface area contributed by atoms with Crippen molar-refractivity contribution >= 4 is 81.4 Å². The first-order valence-corrected chi connectivity index (χ1v) is 20.9. The van der Waals surface area contributed by atoms with Gasteiger partial charge in [-0.2, -0.15) is 0 Å². The molecule has 5 aromatic carbocycles. The quantitative estimate of drug-likeness (QED) is 0.0963. The van der Waals surface area contributed by atoms with Crippen LogP contribution in [0.3, 0.4) is 0 Å². The molecule has 8 rings (SSSR count). The third-order valence-electron chi connectivity index (χ3n) is 11.6. The minimum absolute atomic E-state index is 0.0878. The van der Waals surface area contributed by atoms with Crippen LogP contribution in [0.15, 0.2) is 134 Å². The maximum Gasteiger partial charge on any atom is 0.255 e. The van der Waals surface area contributed by atoms with Gasteiger partial charge in [0.1, 0.15) is 11.0 Å². The van der Waals surface area contributed by atoms with E-state index in [2.05, 4.69) is 26.3 Å². The van der Waals surface area contributed by atoms with Gasteiger partial charge in [-0.05, 0) is 140 Å². The lowest BCUT2D eigenvalue weighted by atomic mass is 9.51. The Morgan fingerprint density at radius 1 is 0.525 bits per heavy atom. The van der Waals surface area contributed by atoms with Crippen molar-refractivity contribution in [1.82, 2.24) is 15.6 Å². The van der Waals surface area contributed by atoms with E-state index < -0.39 is 22.8 Å². The smallest absolute Gasteiger partial charge is 0.255 e. The Balaban J connectivity index is 1.02. The molecule has 14 heteroatoms. The van der Waals surface area contributed by atoms with E-state index in [0.717, 1.165) is 17.2 Å². The minimum atomic E-state index is -0.813. The van der Waals surface area contributed by atoms with Crippen LogP contribution in [-0.2, 0) is 11.1 Å². The molecule has 2 aliphatic carbocycles. The Labute approximate surface area is 371 Å². The SMILES string of the molecule is O=C(Nc1ccc(C2(NC(=O)c3ccc(Cl)nc3)CC(C3CC(NC(=O)c4ccc(Cl)c(F)c4)(c4ccc(NC(=O)c5cccc(Cl)c5)cc4)C3)C2)cc1)c1cccc(Cl)c1. The van der Waals surface area contributed by atoms with Crippen LogP contribution < -0.4 is 21.3 Å². The predicted octanol–water partition coefficient (Wildman–Crippen LogP) is 11.1. The molecule has 61 heavy (non-hydrogen) atoms. The maximum absolute atomic E-state index is 14.5. The average molecular weight is 896 g/mol. The van der Waals surface area contributed by atoms with E-state index in [0.29, 0.717) is 63.8 Å². The topological polar surface area (TPSA) is 129 Å². The summed E-state index contributed by atoms with van der Waals surface area (Å²) in [4.78, 5) is 57.4. The highest BCUT2D eigenvalue weighted by Gasteiger charge is 2.56. The number of carbonyl (C=O) groups excluding carboxylic acids is 4. The zero-order valence-corrected chi connectivity index (χ0v) is 35.2. The highest BCUT2D eigenvalue weighted by Crippen LogP contribution is 2.58. The van der Waals surface area contributed by atoms with Crippen molar-refractivity contribution in [2.45, 2.75) is 36.8 Å². The van der Waals surface area contributed by atoms with Crippen molar-refractivity contribution in [1.29, 1.82) is 0 Å². The lowest BCUT2D eigenvalue weighted by molar-refractivity contribution is -0.0232. The fraction of sp³-hybridized carbons (Fsp3) is 0.170. The summed E-state index contributed by atoms with van der Waals surface area (Å²) < 4.78 is 14.5. The molecular weight excluding hydrogens is 859 g/mol. The lowest BCUT2D eigenvalue weighted by Crippen LogP contribution is -2.62. The van der Waals surface area contributed by atoms with Gasteiger partial charge in [0.25, 0.3) is 23.6 Å². The van der Waals surface area contributed by atoms with Gasteiger partial charge in [0, 0.05) is 44.3 Å². The molecule has 0 spiro atoms. The van der Waals surface area contributed by atoms with Crippen molar-refractivity contribution in [2.24, 2.45) is 11.8 Å². The molecule has 0 bridgehead atoms. The van der Waals surface area contributed by atoms with Crippen molar-refractivity contribution in [3.8, 4) is 0 Å². The monoisotopic (exact) mass is 893 g/mol. The number of nitrogens with zero attached hydrogens (tertiary/aromatic N) is 1. The summed E-state index contributed by atoms with van der Waals surface area (Å²) in [6.07, 6.45) is 3.75. The van der Waals surface area contributed by atoms with Crippen LogP contribution in [0.4, 0.5) is 15.8 Å². The minimum Gasteiger partial charge on any atom is -0.343 e. The number of hydrogen-bond acceptors (Lipinski definition) is 5. The molecule has 1 aromatic heterocycles. The molecule has 0 radical (unpaired) electrons. The molecule has 0 atom stereocenters. The van der Waals surface area contributed by atoms with Crippen LogP contribution in [-0.4, -0.2) is 28.6 Å². The zero-order valence-electron chi connectivity index (χ0n) is 32.2. The summed E-state index contributed by atoms with van der Waals surface area (Å²) in [5, 5.41) is 13.4. The number of carbonyl (C=O) groups is 4. The number of hydrogen-bond donors (Lipinski definition) is 4. The third-order valence-corrected chi connectivity index (χ3v) is 12.6. The van der Waals surface area contributed by atoms with Crippen LogP contribution >= 0.6 is 46.4 Å². The fourth-order valence-electron chi connectivity index (χ4n) is 8.29. The van der Waals surface area contributed by atoms with Gasteiger partial charge in [-0.15, -0.1) is 0 Å². The number of nitrogens with one attached hydrogen (secondary N) is 4. The van der Waals surface area contributed by atoms with Crippen molar-refractivity contribution in [3.63, 3.8) is 0 Å². The largest absolute Gasteiger partial charge is 0.343 e. The van der Waals surface area contributed by atoms with Gasteiger partial charge in [-0.3, -0.25) is 19.2 Å². The summed E-state index contributed by atoms with van der Waals surface area (Å²) in [6, 6.07) is 35.1. The number of benzene rings is 5. The molecule has 308 valence electrons. The highest BCUT2D eigenvalue weighted by molar-refractivity contribution is 6.31. The van der Waals surface area contributed by atoms with Gasteiger partial charge >= 0.3 is 0 Å². The Morgan fingerprint density at radius 2 is 0.967 bits per heavy atom. The summed E-state index contributed by atoms with van der Waals surface area (Å²) in [5.74, 6) is -1.81. The number of amides is 4. The van der Waals surface area contributed by atoms with Gasteiger partial charge < -0.3 is 21.3 Å². The number of anilines is 2. The van der Waals surface area contributed by atoms with Crippen molar-refractivity contribution in [2.75, 3.05) is 10.6 Å². The molecule has 6 aromatic rings. The molecular formula is C47H36Cl4FN5O4. The Hall–Kier alpha value is -5.78. The molecule has 0 unspecified atom stereocenters. The standard InChI is InChI=1S/C47H36Cl4FN5O4/c48-35-5-1-3-27(19-35)42(58)54-37-13-9-33(10-14-37)46(56-44(60)29-7-17-39(50)40(52)21-29)22-31(23-46)32-24-47(25-32,57-45(61)30-8-18-41(51)53-26-30)34-11-15-38(16-12-34)55-43(59)28-4-2-6-36(49)20-28/h1-21,26,31-32H,22-25H2,(H,54,58)(H,55,59)(H,56,60)(H,57,61). The second-order valence-corrected chi connectivity index (χ2v) is 17.2. The lowest BCUT2D eigenvalue weighted by Gasteiger charge is -2.58. The number of pyridine rings is 1. The van der Waals surface area contributed by atoms with E-state index in [9.17, 15) is 23.6 Å². The second-order valence-electron chi connectivity index (χ2n) is 15.5. The van der Waals surface area contributed by atoms with Gasteiger partial charge in [-0.25, -0.2) is 9.37 Å². The predicted molar refractivity (Wildman–Crippen MR) is 236 cm³/mol. The molecule has 1 heterocycles.